The van der Waals surface area contributed by atoms with Crippen LogP contribution >= 0.6 is 0 Å². The molecule has 9 heteroatoms. The summed E-state index contributed by atoms with van der Waals surface area (Å²) in [6.45, 7) is 5.04. The van der Waals surface area contributed by atoms with Crippen LogP contribution in [-0.4, -0.2) is 46.1 Å². The Hall–Kier alpha value is -4.47. The minimum absolute atomic E-state index is 0.164. The van der Waals surface area contributed by atoms with Crippen LogP contribution < -0.4 is 14.8 Å². The van der Waals surface area contributed by atoms with E-state index < -0.39 is 34.0 Å². The van der Waals surface area contributed by atoms with Crippen molar-refractivity contribution in [3.05, 3.63) is 130 Å². The lowest BCUT2D eigenvalue weighted by atomic mass is 10.1. The van der Waals surface area contributed by atoms with Crippen molar-refractivity contribution < 1.29 is 27.5 Å². The second-order valence-electron chi connectivity index (χ2n) is 10.7. The molecule has 0 bridgehead atoms. The molecule has 8 nitrogen and oxygen atoms in total. The summed E-state index contributed by atoms with van der Waals surface area (Å²) < 4.78 is 41.5. The molecule has 4 aromatic carbocycles. The highest BCUT2D eigenvalue weighted by atomic mass is 32.2. The molecule has 0 aliphatic rings. The van der Waals surface area contributed by atoms with Crippen LogP contribution in [0.1, 0.15) is 38.2 Å². The van der Waals surface area contributed by atoms with E-state index in [-0.39, 0.29) is 24.3 Å². The van der Waals surface area contributed by atoms with Gasteiger partial charge in [-0.1, -0.05) is 78.9 Å². The Bertz CT molecular complexity index is 1680. The van der Waals surface area contributed by atoms with Crippen molar-refractivity contribution in [2.45, 2.75) is 50.6 Å². The van der Waals surface area contributed by atoms with Gasteiger partial charge >= 0.3 is 5.97 Å². The number of benzene rings is 4. The topological polar surface area (TPSA) is 111 Å². The number of hydrogen-bond donors (Lipinski definition) is 2. The lowest BCUT2D eigenvalue weighted by molar-refractivity contribution is -0.146. The smallest absolute Gasteiger partial charge is 0.329 e. The number of ether oxygens (including phenoxy) is 2. The number of nitrogens with one attached hydrogen (secondary N) is 2. The van der Waals surface area contributed by atoms with E-state index in [9.17, 15) is 18.0 Å². The lowest BCUT2D eigenvalue weighted by Crippen LogP contribution is -2.46. The quantitative estimate of drug-likeness (QED) is 0.203. The molecule has 230 valence electrons. The monoisotopic (exact) mass is 614 g/mol. The zero-order valence-corrected chi connectivity index (χ0v) is 26.2. The van der Waals surface area contributed by atoms with Gasteiger partial charge < -0.3 is 14.8 Å². The summed E-state index contributed by atoms with van der Waals surface area (Å²) in [6, 6.07) is 27.2. The molecule has 0 fully saturated rings. The van der Waals surface area contributed by atoms with E-state index >= 15 is 0 Å². The molecule has 0 aromatic heterocycles. The van der Waals surface area contributed by atoms with Crippen molar-refractivity contribution in [3.8, 4) is 5.75 Å². The normalized spacial score (nSPS) is 12.6. The largest absolute Gasteiger partial charge is 0.496 e. The lowest BCUT2D eigenvalue weighted by Gasteiger charge is -2.23. The summed E-state index contributed by atoms with van der Waals surface area (Å²) in [6.07, 6.45) is 0.483. The molecule has 0 unspecified atom stereocenters. The molecule has 0 saturated heterocycles. The zero-order chi connectivity index (χ0) is 31.7. The van der Waals surface area contributed by atoms with Gasteiger partial charge in [0.1, 0.15) is 18.4 Å². The Morgan fingerprint density at radius 3 is 1.89 bits per heavy atom. The van der Waals surface area contributed by atoms with Crippen LogP contribution in [0.5, 0.6) is 5.75 Å². The van der Waals surface area contributed by atoms with Crippen LogP contribution in [0.3, 0.4) is 0 Å². The third kappa shape index (κ3) is 8.33. The fraction of sp³-hybridized carbons (Fsp3) is 0.257. The number of carbonyl (C=O) groups excluding carboxylic acids is 2. The molecule has 44 heavy (non-hydrogen) atoms. The van der Waals surface area contributed by atoms with E-state index in [0.717, 1.165) is 16.7 Å². The van der Waals surface area contributed by atoms with Crippen molar-refractivity contribution in [2.75, 3.05) is 13.7 Å². The van der Waals surface area contributed by atoms with Gasteiger partial charge in [-0.15, -0.1) is 0 Å². The van der Waals surface area contributed by atoms with Crippen molar-refractivity contribution >= 4 is 21.9 Å². The summed E-state index contributed by atoms with van der Waals surface area (Å²) in [5, 5.41) is 2.80. The first kappa shape index (κ1) is 32.4. The maximum absolute atomic E-state index is 13.8. The minimum atomic E-state index is -4.03. The SMILES string of the molecule is COc1cc(C)c(S(=O)(=O)N[C@@H](COC(=O)[C@@H](Cc2ccccc2)NC(=O)c2ccccc2)Cc2ccccc2)c(C)c1C. The van der Waals surface area contributed by atoms with Crippen LogP contribution in [0, 0.1) is 20.8 Å². The number of carbonyl (C=O) groups is 2. The zero-order valence-electron chi connectivity index (χ0n) is 25.4. The minimum Gasteiger partial charge on any atom is -0.496 e. The first-order valence-electron chi connectivity index (χ1n) is 14.4. The van der Waals surface area contributed by atoms with Crippen LogP contribution in [0.2, 0.25) is 0 Å². The van der Waals surface area contributed by atoms with Gasteiger partial charge in [0, 0.05) is 12.0 Å². The van der Waals surface area contributed by atoms with Crippen LogP contribution in [0.25, 0.3) is 0 Å². The Kier molecular flexibility index (Phi) is 10.9. The van der Waals surface area contributed by atoms with Gasteiger partial charge in [-0.25, -0.2) is 17.9 Å². The summed E-state index contributed by atoms with van der Waals surface area (Å²) in [5.41, 5.74) is 3.96. The molecule has 0 aliphatic carbocycles. The standard InChI is InChI=1S/C35H38N2O6S/c1-24-20-32(42-4)25(2)26(3)33(24)44(40,41)37-30(21-27-14-8-5-9-15-27)23-43-35(39)31(22-28-16-10-6-11-17-28)36-34(38)29-18-12-7-13-19-29/h5-20,30-31,37H,21-23H2,1-4H3,(H,36,38)/t30-,31-/m1/s1. The molecule has 4 rings (SSSR count). The van der Waals surface area contributed by atoms with E-state index in [0.29, 0.717) is 22.4 Å². The summed E-state index contributed by atoms with van der Waals surface area (Å²) in [7, 11) is -2.48. The van der Waals surface area contributed by atoms with Crippen molar-refractivity contribution in [3.63, 3.8) is 0 Å². The highest BCUT2D eigenvalue weighted by Gasteiger charge is 2.29. The summed E-state index contributed by atoms with van der Waals surface area (Å²) in [4.78, 5) is 26.7. The van der Waals surface area contributed by atoms with Crippen molar-refractivity contribution in [1.82, 2.24) is 10.0 Å². The van der Waals surface area contributed by atoms with Gasteiger partial charge in [0.25, 0.3) is 5.91 Å². The Balaban J connectivity index is 1.58. The van der Waals surface area contributed by atoms with Crippen molar-refractivity contribution in [2.24, 2.45) is 0 Å². The van der Waals surface area contributed by atoms with E-state index in [1.165, 1.54) is 0 Å². The van der Waals surface area contributed by atoms with Gasteiger partial charge in [-0.05, 0) is 73.2 Å². The molecule has 0 radical (unpaired) electrons. The molecule has 0 spiro atoms. The maximum atomic E-state index is 13.8. The van der Waals surface area contributed by atoms with E-state index in [1.54, 1.807) is 57.4 Å². The average Bonchev–Trinajstić information content (AvgIpc) is 3.02. The van der Waals surface area contributed by atoms with Gasteiger partial charge in [0.2, 0.25) is 10.0 Å². The molecule has 4 aromatic rings. The fourth-order valence-electron chi connectivity index (χ4n) is 5.12. The number of methoxy groups -OCH3 is 1. The second kappa shape index (κ2) is 14.8. The molecular weight excluding hydrogens is 576 g/mol. The average molecular weight is 615 g/mol. The molecule has 2 atom stereocenters. The highest BCUT2D eigenvalue weighted by Crippen LogP contribution is 2.30. The number of hydrogen-bond acceptors (Lipinski definition) is 6. The third-order valence-corrected chi connectivity index (χ3v) is 9.26. The molecule has 0 heterocycles. The number of amides is 1. The van der Waals surface area contributed by atoms with Gasteiger partial charge in [-0.3, -0.25) is 4.79 Å². The molecular formula is C35H38N2O6S. The molecule has 2 N–H and O–H groups in total. The maximum Gasteiger partial charge on any atom is 0.329 e. The van der Waals surface area contributed by atoms with Gasteiger partial charge in [-0.2, -0.15) is 0 Å². The molecule has 0 aliphatic heterocycles. The number of sulfonamides is 1. The van der Waals surface area contributed by atoms with Crippen molar-refractivity contribution in [1.29, 1.82) is 0 Å². The van der Waals surface area contributed by atoms with Crippen LogP contribution in [0.15, 0.2) is 102 Å². The Morgan fingerprint density at radius 2 is 1.32 bits per heavy atom. The first-order chi connectivity index (χ1) is 21.1. The van der Waals surface area contributed by atoms with Crippen LogP contribution in [-0.2, 0) is 32.4 Å². The third-order valence-electron chi connectivity index (χ3n) is 7.45. The Morgan fingerprint density at radius 1 is 0.773 bits per heavy atom. The van der Waals surface area contributed by atoms with E-state index in [2.05, 4.69) is 10.0 Å². The predicted molar refractivity (Wildman–Crippen MR) is 170 cm³/mol. The summed E-state index contributed by atoms with van der Waals surface area (Å²) in [5.74, 6) is -0.468. The summed E-state index contributed by atoms with van der Waals surface area (Å²) >= 11 is 0. The highest BCUT2D eigenvalue weighted by molar-refractivity contribution is 7.89. The van der Waals surface area contributed by atoms with Gasteiger partial charge in [0.05, 0.1) is 18.0 Å². The molecule has 0 saturated carbocycles. The first-order valence-corrected chi connectivity index (χ1v) is 15.8. The van der Waals surface area contributed by atoms with Crippen LogP contribution in [0.4, 0.5) is 0 Å². The van der Waals surface area contributed by atoms with Gasteiger partial charge in [0.15, 0.2) is 0 Å². The number of esters is 1. The Labute approximate surface area is 259 Å². The number of rotatable bonds is 13. The predicted octanol–water partition coefficient (Wildman–Crippen LogP) is 5.09. The number of aryl methyl sites for hydroxylation is 1. The fourth-order valence-corrected chi connectivity index (χ4v) is 6.86. The van der Waals surface area contributed by atoms with E-state index in [1.807, 2.05) is 67.6 Å². The second-order valence-corrected chi connectivity index (χ2v) is 12.3. The molecule has 1 amide bonds. The van der Waals surface area contributed by atoms with E-state index in [4.69, 9.17) is 9.47 Å².